The van der Waals surface area contributed by atoms with Crippen LogP contribution >= 0.6 is 0 Å². The second-order valence-electron chi connectivity index (χ2n) is 4.83. The van der Waals surface area contributed by atoms with Gasteiger partial charge < -0.3 is 26.5 Å². The molecule has 0 unspecified atom stereocenters. The van der Waals surface area contributed by atoms with Crippen LogP contribution in [0.4, 0.5) is 0 Å². The molecular weight excluding hydrogens is 257 g/mol. The monoisotopic (exact) mass is 289 g/mol. The summed E-state index contributed by atoms with van der Waals surface area (Å²) in [5.74, 6) is 0.218. The summed E-state index contributed by atoms with van der Waals surface area (Å²) in [7, 11) is -2.17. The minimum absolute atomic E-state index is 0.218. The molecule has 6 nitrogen and oxygen atoms in total. The van der Waals surface area contributed by atoms with Crippen LogP contribution in [-0.4, -0.2) is 34.9 Å². The van der Waals surface area contributed by atoms with Crippen LogP contribution < -0.4 is 11.5 Å². The molecule has 0 aromatic heterocycles. The van der Waals surface area contributed by atoms with Crippen molar-refractivity contribution in [1.29, 1.82) is 0 Å². The molecule has 0 rings (SSSR count). The van der Waals surface area contributed by atoms with E-state index in [9.17, 15) is 0 Å². The first-order chi connectivity index (χ1) is 9.50. The first-order valence-corrected chi connectivity index (χ1v) is 7.60. The van der Waals surface area contributed by atoms with Gasteiger partial charge in [-0.3, -0.25) is 4.99 Å². The number of aliphatic imine (C=N–C) groups is 1. The van der Waals surface area contributed by atoms with Crippen molar-refractivity contribution in [3.8, 4) is 0 Å². The largest absolute Gasteiger partial charge is 0.631 e. The second kappa shape index (κ2) is 18.2. The molecule has 7 N–H and O–H groups in total. The molecule has 120 valence electrons. The third kappa shape index (κ3) is 30.3. The standard InChI is InChI=1S/C13H29N3.BH3O3/c1-2-3-4-5-6-7-8-9-10-11-12-16-13(14)15;2-1(3)4/h2-12H2,1H3,(H4,14,15,16);2-4H. The molecule has 0 aromatic carbocycles. The third-order valence-corrected chi connectivity index (χ3v) is 2.81. The van der Waals surface area contributed by atoms with Crippen LogP contribution in [0.1, 0.15) is 71.1 Å². The van der Waals surface area contributed by atoms with E-state index in [0.717, 1.165) is 13.0 Å². The zero-order valence-electron chi connectivity index (χ0n) is 12.8. The highest BCUT2D eigenvalue weighted by Crippen LogP contribution is 2.10. The van der Waals surface area contributed by atoms with Gasteiger partial charge in [-0.2, -0.15) is 0 Å². The molecule has 20 heavy (non-hydrogen) atoms. The predicted molar refractivity (Wildman–Crippen MR) is 84.9 cm³/mol. The highest BCUT2D eigenvalue weighted by atomic mass is 16.5. The molecule has 0 aliphatic heterocycles. The number of nitrogens with zero attached hydrogens (tertiary/aromatic N) is 1. The average Bonchev–Trinajstić information content (AvgIpc) is 2.35. The molecule has 0 bridgehead atoms. The molecule has 0 atom stereocenters. The summed E-state index contributed by atoms with van der Waals surface area (Å²) < 4.78 is 0. The Bertz CT molecular complexity index is 210. The lowest BCUT2D eigenvalue weighted by Gasteiger charge is -2.01. The maximum absolute atomic E-state index is 7.17. The van der Waals surface area contributed by atoms with Gasteiger partial charge in [-0.1, -0.05) is 64.7 Å². The van der Waals surface area contributed by atoms with E-state index in [1.807, 2.05) is 0 Å². The van der Waals surface area contributed by atoms with E-state index in [1.54, 1.807) is 0 Å². The van der Waals surface area contributed by atoms with Crippen molar-refractivity contribution in [3.63, 3.8) is 0 Å². The Morgan fingerprint density at radius 2 is 1.15 bits per heavy atom. The molecule has 0 saturated heterocycles. The van der Waals surface area contributed by atoms with Crippen LogP contribution in [0.3, 0.4) is 0 Å². The Morgan fingerprint density at radius 1 is 0.800 bits per heavy atom. The zero-order chi connectivity index (χ0) is 15.6. The summed E-state index contributed by atoms with van der Waals surface area (Å²) in [4.78, 5) is 3.96. The van der Waals surface area contributed by atoms with E-state index >= 15 is 0 Å². The molecule has 0 fully saturated rings. The maximum Gasteiger partial charge on any atom is 0.631 e. The third-order valence-electron chi connectivity index (χ3n) is 2.81. The number of guanidine groups is 1. The van der Waals surface area contributed by atoms with Crippen LogP contribution in [0.25, 0.3) is 0 Å². The summed E-state index contributed by atoms with van der Waals surface area (Å²) in [6.45, 7) is 3.05. The minimum Gasteiger partial charge on any atom is -0.402 e. The van der Waals surface area contributed by atoms with E-state index in [0.29, 0.717) is 0 Å². The van der Waals surface area contributed by atoms with Crippen LogP contribution in [0.15, 0.2) is 4.99 Å². The Balaban J connectivity index is 0. The number of hydrogen-bond donors (Lipinski definition) is 5. The van der Waals surface area contributed by atoms with E-state index in [-0.39, 0.29) is 5.96 Å². The van der Waals surface area contributed by atoms with Gasteiger partial charge in [0.05, 0.1) is 0 Å². The molecule has 0 saturated carbocycles. The zero-order valence-corrected chi connectivity index (χ0v) is 12.8. The van der Waals surface area contributed by atoms with Crippen molar-refractivity contribution in [1.82, 2.24) is 0 Å². The fraction of sp³-hybridized carbons (Fsp3) is 0.923. The molecule has 0 aromatic rings. The van der Waals surface area contributed by atoms with Gasteiger partial charge in [0.2, 0.25) is 0 Å². The molecule has 0 aliphatic rings. The Kier molecular flexibility index (Phi) is 19.6. The topological polar surface area (TPSA) is 125 Å². The van der Waals surface area contributed by atoms with Crippen LogP contribution in [-0.2, 0) is 0 Å². The average molecular weight is 289 g/mol. The summed E-state index contributed by atoms with van der Waals surface area (Å²) in [6.07, 6.45) is 13.5. The molecule has 0 amide bonds. The lowest BCUT2D eigenvalue weighted by Crippen LogP contribution is -2.22. The highest BCUT2D eigenvalue weighted by Gasteiger charge is 1.93. The number of unbranched alkanes of at least 4 members (excludes halogenated alkanes) is 9. The fourth-order valence-corrected chi connectivity index (χ4v) is 1.81. The number of nitrogens with two attached hydrogens (primary N) is 2. The van der Waals surface area contributed by atoms with Crippen LogP contribution in [0.5, 0.6) is 0 Å². The van der Waals surface area contributed by atoms with Crippen molar-refractivity contribution in [2.24, 2.45) is 16.5 Å². The van der Waals surface area contributed by atoms with E-state index < -0.39 is 7.32 Å². The molecule has 0 heterocycles. The summed E-state index contributed by atoms with van der Waals surface area (Å²) >= 11 is 0. The molecule has 0 spiro atoms. The Labute approximate surface area is 123 Å². The highest BCUT2D eigenvalue weighted by molar-refractivity contribution is 6.30. The van der Waals surface area contributed by atoms with Gasteiger partial charge in [0.1, 0.15) is 0 Å². The van der Waals surface area contributed by atoms with E-state index in [4.69, 9.17) is 26.5 Å². The lowest BCUT2D eigenvalue weighted by molar-refractivity contribution is 0.278. The number of hydrogen-bond acceptors (Lipinski definition) is 4. The van der Waals surface area contributed by atoms with E-state index in [2.05, 4.69) is 11.9 Å². The van der Waals surface area contributed by atoms with Gasteiger partial charge >= 0.3 is 7.32 Å². The second-order valence-corrected chi connectivity index (χ2v) is 4.83. The van der Waals surface area contributed by atoms with Crippen LogP contribution in [0.2, 0.25) is 0 Å². The van der Waals surface area contributed by atoms with Crippen LogP contribution in [0, 0.1) is 0 Å². The van der Waals surface area contributed by atoms with Gasteiger partial charge in [-0.25, -0.2) is 0 Å². The van der Waals surface area contributed by atoms with Gasteiger partial charge in [-0.15, -0.1) is 0 Å². The van der Waals surface area contributed by atoms with E-state index in [1.165, 1.54) is 57.8 Å². The van der Waals surface area contributed by atoms with Crippen molar-refractivity contribution in [3.05, 3.63) is 0 Å². The normalized spacial score (nSPS) is 9.60. The van der Waals surface area contributed by atoms with Crippen molar-refractivity contribution in [2.75, 3.05) is 6.54 Å². The smallest absolute Gasteiger partial charge is 0.402 e. The van der Waals surface area contributed by atoms with Crippen molar-refractivity contribution < 1.29 is 15.1 Å². The molecular formula is C13H32BN3O3. The summed E-state index contributed by atoms with van der Waals surface area (Å²) in [5.41, 5.74) is 10.5. The van der Waals surface area contributed by atoms with Gasteiger partial charge in [0.15, 0.2) is 5.96 Å². The molecule has 0 radical (unpaired) electrons. The van der Waals surface area contributed by atoms with Gasteiger partial charge in [-0.05, 0) is 6.42 Å². The SMILES string of the molecule is CCCCCCCCCCCCN=C(N)N.OB(O)O. The fourth-order valence-electron chi connectivity index (χ4n) is 1.81. The van der Waals surface area contributed by atoms with Crippen molar-refractivity contribution >= 4 is 13.3 Å². The maximum atomic E-state index is 7.17. The summed E-state index contributed by atoms with van der Waals surface area (Å²) in [5, 5.41) is 21.5. The number of rotatable bonds is 11. The minimum atomic E-state index is -2.17. The summed E-state index contributed by atoms with van der Waals surface area (Å²) in [6, 6.07) is 0. The Morgan fingerprint density at radius 3 is 1.50 bits per heavy atom. The van der Waals surface area contributed by atoms with Crippen molar-refractivity contribution in [2.45, 2.75) is 71.1 Å². The molecule has 7 heteroatoms. The predicted octanol–water partition coefficient (Wildman–Crippen LogP) is 1.13. The first-order valence-electron chi connectivity index (χ1n) is 7.60. The molecule has 0 aliphatic carbocycles. The first kappa shape index (κ1) is 21.5. The van der Waals surface area contributed by atoms with Gasteiger partial charge in [0, 0.05) is 6.54 Å². The quantitative estimate of drug-likeness (QED) is 0.169. The van der Waals surface area contributed by atoms with Gasteiger partial charge in [0.25, 0.3) is 0 Å². The lowest BCUT2D eigenvalue weighted by atomic mass is 10.1. The Hall–Kier alpha value is -0.785.